The molecule has 2 heteroatoms. The SMILES string of the molecule is CCN(C)C1CCCCC1N. The molecule has 0 spiro atoms. The van der Waals surface area contributed by atoms with Crippen LogP contribution in [0.2, 0.25) is 0 Å². The molecule has 0 heterocycles. The van der Waals surface area contributed by atoms with E-state index in [9.17, 15) is 0 Å². The van der Waals surface area contributed by atoms with Crippen LogP contribution in [0.15, 0.2) is 0 Å². The highest BCUT2D eigenvalue weighted by atomic mass is 15.1. The molecule has 2 N–H and O–H groups in total. The topological polar surface area (TPSA) is 29.3 Å². The molecule has 66 valence electrons. The van der Waals surface area contributed by atoms with Crippen LogP contribution in [0.4, 0.5) is 0 Å². The van der Waals surface area contributed by atoms with Gasteiger partial charge in [-0.25, -0.2) is 0 Å². The van der Waals surface area contributed by atoms with E-state index in [0.717, 1.165) is 6.54 Å². The first kappa shape index (κ1) is 9.01. The minimum Gasteiger partial charge on any atom is -0.326 e. The Morgan fingerprint density at radius 2 is 2.00 bits per heavy atom. The molecule has 0 radical (unpaired) electrons. The van der Waals surface area contributed by atoms with Gasteiger partial charge in [-0.3, -0.25) is 0 Å². The molecule has 1 fully saturated rings. The maximum Gasteiger partial charge on any atom is 0.0244 e. The smallest absolute Gasteiger partial charge is 0.0244 e. The summed E-state index contributed by atoms with van der Waals surface area (Å²) >= 11 is 0. The Hall–Kier alpha value is -0.0800. The molecular weight excluding hydrogens is 136 g/mol. The molecule has 1 saturated carbocycles. The van der Waals surface area contributed by atoms with E-state index in [1.54, 1.807) is 0 Å². The highest BCUT2D eigenvalue weighted by Gasteiger charge is 2.23. The molecule has 2 unspecified atom stereocenters. The second kappa shape index (κ2) is 4.07. The normalized spacial score (nSPS) is 32.7. The van der Waals surface area contributed by atoms with Gasteiger partial charge >= 0.3 is 0 Å². The van der Waals surface area contributed by atoms with E-state index in [4.69, 9.17) is 5.73 Å². The molecule has 1 aliphatic rings. The number of nitrogens with zero attached hydrogens (tertiary/aromatic N) is 1. The largest absolute Gasteiger partial charge is 0.326 e. The van der Waals surface area contributed by atoms with Crippen molar-refractivity contribution in [2.45, 2.75) is 44.7 Å². The lowest BCUT2D eigenvalue weighted by Gasteiger charge is -2.35. The summed E-state index contributed by atoms with van der Waals surface area (Å²) in [5, 5.41) is 0. The zero-order valence-corrected chi connectivity index (χ0v) is 7.71. The molecule has 2 nitrogen and oxygen atoms in total. The van der Waals surface area contributed by atoms with Crippen LogP contribution in [0.25, 0.3) is 0 Å². The molecule has 0 aromatic heterocycles. The Labute approximate surface area is 69.8 Å². The number of likely N-dealkylation sites (N-methyl/N-ethyl adjacent to an activating group) is 1. The summed E-state index contributed by atoms with van der Waals surface area (Å²) < 4.78 is 0. The Morgan fingerprint density at radius 3 is 2.55 bits per heavy atom. The summed E-state index contributed by atoms with van der Waals surface area (Å²) in [6.07, 6.45) is 5.21. The van der Waals surface area contributed by atoms with E-state index in [0.29, 0.717) is 12.1 Å². The van der Waals surface area contributed by atoms with Crippen molar-refractivity contribution in [1.29, 1.82) is 0 Å². The second-order valence-electron chi connectivity index (χ2n) is 3.59. The summed E-state index contributed by atoms with van der Waals surface area (Å²) in [5.74, 6) is 0. The molecule has 0 saturated heterocycles. The summed E-state index contributed by atoms with van der Waals surface area (Å²) in [5.41, 5.74) is 6.01. The fourth-order valence-electron chi connectivity index (χ4n) is 1.92. The molecular formula is C9H20N2. The average Bonchev–Trinajstić information content (AvgIpc) is 2.04. The quantitative estimate of drug-likeness (QED) is 0.651. The van der Waals surface area contributed by atoms with Crippen LogP contribution in [0.3, 0.4) is 0 Å². The van der Waals surface area contributed by atoms with Crippen molar-refractivity contribution in [1.82, 2.24) is 4.90 Å². The lowest BCUT2D eigenvalue weighted by atomic mass is 9.90. The average molecular weight is 156 g/mol. The minimum atomic E-state index is 0.425. The minimum absolute atomic E-state index is 0.425. The first-order valence-corrected chi connectivity index (χ1v) is 4.71. The van der Waals surface area contributed by atoms with E-state index in [1.807, 2.05) is 0 Å². The summed E-state index contributed by atoms with van der Waals surface area (Å²) in [4.78, 5) is 2.38. The summed E-state index contributed by atoms with van der Waals surface area (Å²) in [6, 6.07) is 1.07. The van der Waals surface area contributed by atoms with Crippen molar-refractivity contribution in [2.75, 3.05) is 13.6 Å². The number of hydrogen-bond donors (Lipinski definition) is 1. The maximum atomic E-state index is 6.01. The lowest BCUT2D eigenvalue weighted by Crippen LogP contribution is -2.47. The summed E-state index contributed by atoms with van der Waals surface area (Å²) in [7, 11) is 2.18. The van der Waals surface area contributed by atoms with Crippen LogP contribution in [0.5, 0.6) is 0 Å². The van der Waals surface area contributed by atoms with E-state index in [-0.39, 0.29) is 0 Å². The molecule has 0 amide bonds. The van der Waals surface area contributed by atoms with E-state index in [1.165, 1.54) is 25.7 Å². The second-order valence-corrected chi connectivity index (χ2v) is 3.59. The Bertz CT molecular complexity index is 110. The van der Waals surface area contributed by atoms with Gasteiger partial charge in [-0.15, -0.1) is 0 Å². The molecule has 0 aromatic carbocycles. The molecule has 2 atom stereocenters. The third kappa shape index (κ3) is 2.17. The molecule has 11 heavy (non-hydrogen) atoms. The van der Waals surface area contributed by atoms with E-state index < -0.39 is 0 Å². The van der Waals surface area contributed by atoms with Gasteiger partial charge in [0, 0.05) is 12.1 Å². The predicted octanol–water partition coefficient (Wildman–Crippen LogP) is 1.21. The van der Waals surface area contributed by atoms with Crippen LogP contribution in [-0.2, 0) is 0 Å². The first-order chi connectivity index (χ1) is 5.25. The highest BCUT2D eigenvalue weighted by molar-refractivity contribution is 4.83. The standard InChI is InChI=1S/C9H20N2/c1-3-11(2)9-7-5-4-6-8(9)10/h8-9H,3-7,10H2,1-2H3. The van der Waals surface area contributed by atoms with Gasteiger partial charge in [-0.1, -0.05) is 19.8 Å². The van der Waals surface area contributed by atoms with Crippen molar-refractivity contribution in [3.8, 4) is 0 Å². The zero-order chi connectivity index (χ0) is 8.27. The van der Waals surface area contributed by atoms with Gasteiger partial charge in [0.15, 0.2) is 0 Å². The zero-order valence-electron chi connectivity index (χ0n) is 7.71. The van der Waals surface area contributed by atoms with Crippen molar-refractivity contribution in [3.63, 3.8) is 0 Å². The van der Waals surface area contributed by atoms with Gasteiger partial charge in [0.2, 0.25) is 0 Å². The molecule has 1 rings (SSSR count). The molecule has 1 aliphatic carbocycles. The Balaban J connectivity index is 2.40. The highest BCUT2D eigenvalue weighted by Crippen LogP contribution is 2.20. The van der Waals surface area contributed by atoms with Gasteiger partial charge in [0.25, 0.3) is 0 Å². The number of hydrogen-bond acceptors (Lipinski definition) is 2. The van der Waals surface area contributed by atoms with Crippen molar-refractivity contribution in [2.24, 2.45) is 5.73 Å². The fraction of sp³-hybridized carbons (Fsp3) is 1.00. The van der Waals surface area contributed by atoms with E-state index in [2.05, 4.69) is 18.9 Å². The van der Waals surface area contributed by atoms with Crippen LogP contribution in [0, 0.1) is 0 Å². The number of nitrogens with two attached hydrogens (primary N) is 1. The van der Waals surface area contributed by atoms with Crippen LogP contribution in [-0.4, -0.2) is 30.6 Å². The number of rotatable bonds is 2. The van der Waals surface area contributed by atoms with Gasteiger partial charge in [-0.2, -0.15) is 0 Å². The van der Waals surface area contributed by atoms with Crippen LogP contribution >= 0.6 is 0 Å². The Kier molecular flexibility index (Phi) is 3.34. The third-order valence-corrected chi connectivity index (χ3v) is 2.85. The van der Waals surface area contributed by atoms with Crippen LogP contribution in [0.1, 0.15) is 32.6 Å². The third-order valence-electron chi connectivity index (χ3n) is 2.85. The van der Waals surface area contributed by atoms with E-state index >= 15 is 0 Å². The van der Waals surface area contributed by atoms with Crippen molar-refractivity contribution in [3.05, 3.63) is 0 Å². The summed E-state index contributed by atoms with van der Waals surface area (Å²) in [6.45, 7) is 3.32. The van der Waals surface area contributed by atoms with Crippen LogP contribution < -0.4 is 5.73 Å². The predicted molar refractivity (Wildman–Crippen MR) is 48.5 cm³/mol. The van der Waals surface area contributed by atoms with Gasteiger partial charge in [0.1, 0.15) is 0 Å². The van der Waals surface area contributed by atoms with Crippen molar-refractivity contribution < 1.29 is 0 Å². The molecule has 0 aromatic rings. The van der Waals surface area contributed by atoms with Crippen molar-refractivity contribution >= 4 is 0 Å². The molecule has 0 aliphatic heterocycles. The first-order valence-electron chi connectivity index (χ1n) is 4.71. The van der Waals surface area contributed by atoms with Gasteiger partial charge < -0.3 is 10.6 Å². The Morgan fingerprint density at radius 1 is 1.36 bits per heavy atom. The van der Waals surface area contributed by atoms with Gasteiger partial charge in [0.05, 0.1) is 0 Å². The van der Waals surface area contributed by atoms with Gasteiger partial charge in [-0.05, 0) is 26.4 Å². The fourth-order valence-corrected chi connectivity index (χ4v) is 1.92. The lowest BCUT2D eigenvalue weighted by molar-refractivity contribution is 0.176. The monoisotopic (exact) mass is 156 g/mol. The maximum absolute atomic E-state index is 6.01. The molecule has 0 bridgehead atoms.